The summed E-state index contributed by atoms with van der Waals surface area (Å²) in [5.41, 5.74) is 1.19. The Hall–Kier alpha value is -3.66. The van der Waals surface area contributed by atoms with Crippen molar-refractivity contribution in [1.29, 1.82) is 0 Å². The van der Waals surface area contributed by atoms with E-state index in [1.807, 2.05) is 6.92 Å². The summed E-state index contributed by atoms with van der Waals surface area (Å²) in [6, 6.07) is 12.9. The van der Waals surface area contributed by atoms with Gasteiger partial charge in [-0.3, -0.25) is 14.5 Å². The fraction of sp³-hybridized carbons (Fsp3) is 0.148. The van der Waals surface area contributed by atoms with Crippen LogP contribution >= 0.6 is 34.3 Å². The number of anilines is 1. The SMILES string of the molecule is C=CCOc1ccc(C2C(C(=O)c3cccs3)=C(O)C(=O)N2c2nc3ccc(Cl)cc3s2)cc1OCC. The number of ketones is 1. The molecule has 7 nitrogen and oxygen atoms in total. The minimum Gasteiger partial charge on any atom is -0.503 e. The van der Waals surface area contributed by atoms with Crippen molar-refractivity contribution in [1.82, 2.24) is 4.98 Å². The zero-order valence-corrected chi connectivity index (χ0v) is 22.0. The Kier molecular flexibility index (Phi) is 7.01. The second-order valence-corrected chi connectivity index (χ2v) is 10.4. The number of thiophene rings is 1. The highest BCUT2D eigenvalue weighted by Crippen LogP contribution is 2.46. The van der Waals surface area contributed by atoms with Gasteiger partial charge in [0.25, 0.3) is 5.91 Å². The van der Waals surface area contributed by atoms with E-state index in [0.717, 1.165) is 4.70 Å². The van der Waals surface area contributed by atoms with Crippen LogP contribution in [0.4, 0.5) is 5.13 Å². The fourth-order valence-electron chi connectivity index (χ4n) is 4.11. The van der Waals surface area contributed by atoms with Gasteiger partial charge in [-0.05, 0) is 54.3 Å². The minimum atomic E-state index is -0.939. The Morgan fingerprint density at radius 3 is 2.78 bits per heavy atom. The summed E-state index contributed by atoms with van der Waals surface area (Å²) >= 11 is 8.64. The Morgan fingerprint density at radius 2 is 2.05 bits per heavy atom. The number of hydrogen-bond acceptors (Lipinski definition) is 8. The monoisotopic (exact) mass is 552 g/mol. The van der Waals surface area contributed by atoms with Crippen LogP contribution in [-0.2, 0) is 4.79 Å². The molecule has 0 saturated carbocycles. The Balaban J connectivity index is 1.67. The van der Waals surface area contributed by atoms with Crippen molar-refractivity contribution in [3.63, 3.8) is 0 Å². The maximum atomic E-state index is 13.6. The number of rotatable bonds is 9. The number of Topliss-reactive ketones (excluding diaryl/α,β-unsaturated/α-hetero) is 1. The molecule has 1 N–H and O–H groups in total. The summed E-state index contributed by atoms with van der Waals surface area (Å²) in [4.78, 5) is 33.4. The Morgan fingerprint density at radius 1 is 1.22 bits per heavy atom. The van der Waals surface area contributed by atoms with E-state index >= 15 is 0 Å². The lowest BCUT2D eigenvalue weighted by Gasteiger charge is -2.25. The largest absolute Gasteiger partial charge is 0.503 e. The third-order valence-electron chi connectivity index (χ3n) is 5.68. The molecule has 0 radical (unpaired) electrons. The van der Waals surface area contributed by atoms with E-state index in [1.54, 1.807) is 60.0 Å². The smallest absolute Gasteiger partial charge is 0.296 e. The molecule has 0 fully saturated rings. The number of fused-ring (bicyclic) bond motifs is 1. The number of amides is 1. The molecule has 2 aromatic carbocycles. The van der Waals surface area contributed by atoms with Crippen molar-refractivity contribution in [2.45, 2.75) is 13.0 Å². The molecule has 4 aromatic rings. The second-order valence-electron chi connectivity index (χ2n) is 7.99. The summed E-state index contributed by atoms with van der Waals surface area (Å²) in [5.74, 6) is -0.803. The fourth-order valence-corrected chi connectivity index (χ4v) is 6.06. The zero-order valence-electron chi connectivity index (χ0n) is 19.6. The van der Waals surface area contributed by atoms with Gasteiger partial charge in [0.15, 0.2) is 22.4 Å². The summed E-state index contributed by atoms with van der Waals surface area (Å²) < 4.78 is 12.3. The van der Waals surface area contributed by atoms with E-state index in [1.165, 1.54) is 27.6 Å². The molecule has 2 aromatic heterocycles. The van der Waals surface area contributed by atoms with Crippen molar-refractivity contribution in [2.75, 3.05) is 18.1 Å². The van der Waals surface area contributed by atoms with Gasteiger partial charge in [-0.25, -0.2) is 4.98 Å². The van der Waals surface area contributed by atoms with Crippen LogP contribution in [0.15, 0.2) is 77.9 Å². The van der Waals surface area contributed by atoms with Gasteiger partial charge in [-0.2, -0.15) is 0 Å². The molecule has 0 aliphatic carbocycles. The zero-order chi connectivity index (χ0) is 26.1. The number of ether oxygens (including phenoxy) is 2. The lowest BCUT2D eigenvalue weighted by atomic mass is 9.95. The van der Waals surface area contributed by atoms with E-state index in [-0.39, 0.29) is 12.2 Å². The maximum Gasteiger partial charge on any atom is 0.296 e. The molecule has 1 atom stereocenters. The van der Waals surface area contributed by atoms with Crippen LogP contribution in [0, 0.1) is 0 Å². The normalized spacial score (nSPS) is 15.5. The predicted octanol–water partition coefficient (Wildman–Crippen LogP) is 6.76. The van der Waals surface area contributed by atoms with Crippen molar-refractivity contribution >= 4 is 61.3 Å². The average Bonchev–Trinajstić information content (AvgIpc) is 3.62. The van der Waals surface area contributed by atoms with Crippen LogP contribution < -0.4 is 14.4 Å². The first-order valence-corrected chi connectivity index (χ1v) is 13.4. The van der Waals surface area contributed by atoms with Gasteiger partial charge in [0.1, 0.15) is 6.61 Å². The number of halogens is 1. The van der Waals surface area contributed by atoms with Gasteiger partial charge in [0.2, 0.25) is 5.78 Å². The number of nitrogens with zero attached hydrogens (tertiary/aromatic N) is 2. The van der Waals surface area contributed by atoms with Crippen LogP contribution in [0.5, 0.6) is 11.5 Å². The molecule has 37 heavy (non-hydrogen) atoms. The van der Waals surface area contributed by atoms with Gasteiger partial charge in [-0.15, -0.1) is 11.3 Å². The maximum absolute atomic E-state index is 13.6. The van der Waals surface area contributed by atoms with Gasteiger partial charge in [-0.1, -0.05) is 47.7 Å². The van der Waals surface area contributed by atoms with Crippen molar-refractivity contribution < 1.29 is 24.2 Å². The molecule has 10 heteroatoms. The highest BCUT2D eigenvalue weighted by molar-refractivity contribution is 7.22. The van der Waals surface area contributed by atoms with Crippen molar-refractivity contribution in [3.05, 3.63) is 93.4 Å². The third-order valence-corrected chi connectivity index (χ3v) is 7.80. The number of aliphatic hydroxyl groups is 1. The van der Waals surface area contributed by atoms with Crippen LogP contribution in [0.1, 0.15) is 28.2 Å². The lowest BCUT2D eigenvalue weighted by Crippen LogP contribution is -2.31. The molecule has 1 aliphatic heterocycles. The van der Waals surface area contributed by atoms with E-state index in [0.29, 0.717) is 44.2 Å². The second kappa shape index (κ2) is 10.4. The molecule has 0 saturated heterocycles. The molecule has 188 valence electrons. The molecule has 0 bridgehead atoms. The van der Waals surface area contributed by atoms with Gasteiger partial charge in [0.05, 0.1) is 33.3 Å². The topological polar surface area (TPSA) is 89.0 Å². The number of carbonyl (C=O) groups is 2. The first kappa shape index (κ1) is 25.0. The number of aromatic nitrogens is 1. The quantitative estimate of drug-likeness (QED) is 0.182. The number of benzene rings is 2. The van der Waals surface area contributed by atoms with Crippen LogP contribution in [-0.4, -0.2) is 35.0 Å². The van der Waals surface area contributed by atoms with Gasteiger partial charge < -0.3 is 14.6 Å². The minimum absolute atomic E-state index is 0.0213. The molecule has 0 spiro atoms. The van der Waals surface area contributed by atoms with E-state index in [9.17, 15) is 14.7 Å². The molecule has 5 rings (SSSR count). The predicted molar refractivity (Wildman–Crippen MR) is 146 cm³/mol. The number of aliphatic hydroxyl groups excluding tert-OH is 1. The standard InChI is InChI=1S/C27H21ClN2O5S2/c1-3-11-35-18-10-7-15(13-19(18)34-4-2)23-22(24(31)20-6-5-12-36-20)25(32)26(33)30(23)27-29-17-9-8-16(28)14-21(17)37-27/h3,5-10,12-14,23,32H,1,4,11H2,2H3. The number of thiazole rings is 1. The highest BCUT2D eigenvalue weighted by atomic mass is 35.5. The third kappa shape index (κ3) is 4.61. The van der Waals surface area contributed by atoms with E-state index in [4.69, 9.17) is 21.1 Å². The number of hydrogen-bond donors (Lipinski definition) is 1. The lowest BCUT2D eigenvalue weighted by molar-refractivity contribution is -0.117. The first-order valence-electron chi connectivity index (χ1n) is 11.3. The Bertz CT molecular complexity index is 1540. The molecule has 1 unspecified atom stereocenters. The first-order chi connectivity index (χ1) is 17.9. The summed E-state index contributed by atoms with van der Waals surface area (Å²) in [5, 5.41) is 13.7. The summed E-state index contributed by atoms with van der Waals surface area (Å²) in [6.07, 6.45) is 1.62. The van der Waals surface area contributed by atoms with Crippen LogP contribution in [0.2, 0.25) is 5.02 Å². The Labute approximate surface area is 225 Å². The van der Waals surface area contributed by atoms with Crippen molar-refractivity contribution in [3.8, 4) is 11.5 Å². The van der Waals surface area contributed by atoms with E-state index < -0.39 is 23.5 Å². The molecule has 3 heterocycles. The average molecular weight is 553 g/mol. The van der Waals surface area contributed by atoms with Gasteiger partial charge in [0, 0.05) is 5.02 Å². The number of carbonyl (C=O) groups excluding carboxylic acids is 2. The van der Waals surface area contributed by atoms with Crippen molar-refractivity contribution in [2.24, 2.45) is 0 Å². The molecule has 1 amide bonds. The molecular formula is C27H21ClN2O5S2. The summed E-state index contributed by atoms with van der Waals surface area (Å²) in [7, 11) is 0. The molecule has 1 aliphatic rings. The van der Waals surface area contributed by atoms with E-state index in [2.05, 4.69) is 11.6 Å². The summed E-state index contributed by atoms with van der Waals surface area (Å²) in [6.45, 7) is 6.18. The van der Waals surface area contributed by atoms with Crippen LogP contribution in [0.3, 0.4) is 0 Å². The van der Waals surface area contributed by atoms with Crippen LogP contribution in [0.25, 0.3) is 10.2 Å². The van der Waals surface area contributed by atoms with Gasteiger partial charge >= 0.3 is 0 Å². The molecular weight excluding hydrogens is 532 g/mol. The highest BCUT2D eigenvalue weighted by Gasteiger charge is 2.46.